The summed E-state index contributed by atoms with van der Waals surface area (Å²) in [5.74, 6) is -0.401. The standard InChI is InChI=1S/C18H15FO/c19-18(16-7-4-8-17(16)20)15-11-9-14(10-12-15)13-5-2-1-3-6-13/h1-3,5-6,9-12H,4,7-8H2/b18-16+. The number of allylic oxidation sites excluding steroid dienone is 1. The van der Waals surface area contributed by atoms with Gasteiger partial charge in [-0.05, 0) is 24.0 Å². The predicted molar refractivity (Wildman–Crippen MR) is 78.8 cm³/mol. The zero-order valence-corrected chi connectivity index (χ0v) is 11.1. The van der Waals surface area contributed by atoms with Crippen LogP contribution in [0.1, 0.15) is 24.8 Å². The van der Waals surface area contributed by atoms with Crippen LogP contribution >= 0.6 is 0 Å². The number of carbonyl (C=O) groups excluding carboxylic acids is 1. The summed E-state index contributed by atoms with van der Waals surface area (Å²) in [7, 11) is 0. The Morgan fingerprint density at radius 2 is 1.50 bits per heavy atom. The Bertz CT molecular complexity index is 654. The molecule has 0 amide bonds. The fraction of sp³-hybridized carbons (Fsp3) is 0.167. The smallest absolute Gasteiger partial charge is 0.161 e. The fourth-order valence-electron chi connectivity index (χ4n) is 2.56. The molecule has 0 aliphatic heterocycles. The number of hydrogen-bond acceptors (Lipinski definition) is 1. The van der Waals surface area contributed by atoms with Crippen LogP contribution in [-0.4, -0.2) is 5.78 Å². The number of Topliss-reactive ketones (excluding diaryl/α,β-unsaturated/α-hetero) is 1. The number of carbonyl (C=O) groups is 1. The van der Waals surface area contributed by atoms with Crippen molar-refractivity contribution >= 4 is 11.6 Å². The molecule has 0 unspecified atom stereocenters. The van der Waals surface area contributed by atoms with Gasteiger partial charge in [-0.25, -0.2) is 4.39 Å². The highest BCUT2D eigenvalue weighted by molar-refractivity contribution is 6.03. The zero-order chi connectivity index (χ0) is 13.9. The SMILES string of the molecule is O=C1CCC/C1=C(\F)c1ccc(-c2ccccc2)cc1. The molecular formula is C18H15FO. The van der Waals surface area contributed by atoms with E-state index < -0.39 is 0 Å². The fourth-order valence-corrected chi connectivity index (χ4v) is 2.56. The molecule has 20 heavy (non-hydrogen) atoms. The van der Waals surface area contributed by atoms with Gasteiger partial charge < -0.3 is 0 Å². The first-order valence-corrected chi connectivity index (χ1v) is 6.83. The van der Waals surface area contributed by atoms with Crippen molar-refractivity contribution in [2.45, 2.75) is 19.3 Å². The van der Waals surface area contributed by atoms with Gasteiger partial charge in [0.25, 0.3) is 0 Å². The first-order chi connectivity index (χ1) is 9.75. The Morgan fingerprint density at radius 1 is 0.850 bits per heavy atom. The van der Waals surface area contributed by atoms with Gasteiger partial charge in [0.2, 0.25) is 0 Å². The number of hydrogen-bond donors (Lipinski definition) is 0. The van der Waals surface area contributed by atoms with E-state index in [1.165, 1.54) is 0 Å². The quantitative estimate of drug-likeness (QED) is 0.714. The molecule has 3 rings (SSSR count). The largest absolute Gasteiger partial charge is 0.294 e. The Hall–Kier alpha value is -2.22. The third-order valence-corrected chi connectivity index (χ3v) is 3.68. The van der Waals surface area contributed by atoms with Gasteiger partial charge in [-0.15, -0.1) is 0 Å². The summed E-state index contributed by atoms with van der Waals surface area (Å²) in [6, 6.07) is 17.2. The summed E-state index contributed by atoms with van der Waals surface area (Å²) in [6.07, 6.45) is 1.81. The van der Waals surface area contributed by atoms with Gasteiger partial charge >= 0.3 is 0 Å². The van der Waals surface area contributed by atoms with Crippen LogP contribution in [0.25, 0.3) is 17.0 Å². The first-order valence-electron chi connectivity index (χ1n) is 6.83. The minimum atomic E-state index is -0.355. The predicted octanol–water partition coefficient (Wildman–Crippen LogP) is 4.79. The molecule has 2 aromatic carbocycles. The summed E-state index contributed by atoms with van der Waals surface area (Å²) >= 11 is 0. The van der Waals surface area contributed by atoms with E-state index in [0.717, 1.165) is 17.5 Å². The summed E-state index contributed by atoms with van der Waals surface area (Å²) in [5.41, 5.74) is 3.00. The van der Waals surface area contributed by atoms with E-state index in [-0.39, 0.29) is 11.6 Å². The molecule has 0 radical (unpaired) electrons. The molecule has 2 heteroatoms. The van der Waals surface area contributed by atoms with Crippen molar-refractivity contribution in [3.8, 4) is 11.1 Å². The van der Waals surface area contributed by atoms with Crippen molar-refractivity contribution in [3.63, 3.8) is 0 Å². The Morgan fingerprint density at radius 3 is 2.10 bits per heavy atom. The lowest BCUT2D eigenvalue weighted by Gasteiger charge is -2.05. The van der Waals surface area contributed by atoms with Crippen molar-refractivity contribution < 1.29 is 9.18 Å². The average Bonchev–Trinajstić information content (AvgIpc) is 2.94. The van der Waals surface area contributed by atoms with E-state index >= 15 is 0 Å². The molecule has 2 aromatic rings. The highest BCUT2D eigenvalue weighted by atomic mass is 19.1. The van der Waals surface area contributed by atoms with Gasteiger partial charge in [0.1, 0.15) is 5.83 Å². The lowest BCUT2D eigenvalue weighted by atomic mass is 10.0. The van der Waals surface area contributed by atoms with Gasteiger partial charge in [0.15, 0.2) is 5.78 Å². The van der Waals surface area contributed by atoms with Crippen molar-refractivity contribution in [3.05, 3.63) is 65.7 Å². The van der Waals surface area contributed by atoms with Crippen LogP contribution in [-0.2, 0) is 4.79 Å². The van der Waals surface area contributed by atoms with Crippen LogP contribution in [0.4, 0.5) is 4.39 Å². The molecule has 0 aromatic heterocycles. The molecule has 1 fully saturated rings. The van der Waals surface area contributed by atoms with Crippen molar-refractivity contribution in [2.24, 2.45) is 0 Å². The first kappa shape index (κ1) is 12.8. The summed E-state index contributed by atoms with van der Waals surface area (Å²) in [5, 5.41) is 0. The summed E-state index contributed by atoms with van der Waals surface area (Å²) < 4.78 is 14.3. The molecule has 0 spiro atoms. The van der Waals surface area contributed by atoms with Crippen LogP contribution in [0, 0.1) is 0 Å². The van der Waals surface area contributed by atoms with E-state index in [0.29, 0.717) is 24.0 Å². The van der Waals surface area contributed by atoms with Gasteiger partial charge in [0.05, 0.1) is 0 Å². The second-order valence-corrected chi connectivity index (χ2v) is 5.01. The molecule has 1 saturated carbocycles. The van der Waals surface area contributed by atoms with Crippen LogP contribution in [0.2, 0.25) is 0 Å². The molecule has 0 bridgehead atoms. The van der Waals surface area contributed by atoms with Crippen LogP contribution in [0.5, 0.6) is 0 Å². The zero-order valence-electron chi connectivity index (χ0n) is 11.1. The summed E-state index contributed by atoms with van der Waals surface area (Å²) in [4.78, 5) is 11.6. The maximum atomic E-state index is 14.3. The summed E-state index contributed by atoms with van der Waals surface area (Å²) in [6.45, 7) is 0. The molecular weight excluding hydrogens is 251 g/mol. The van der Waals surface area contributed by atoms with Crippen LogP contribution < -0.4 is 0 Å². The van der Waals surface area contributed by atoms with Gasteiger partial charge in [-0.1, -0.05) is 54.6 Å². The highest BCUT2D eigenvalue weighted by Gasteiger charge is 2.22. The van der Waals surface area contributed by atoms with E-state index in [1.807, 2.05) is 42.5 Å². The second-order valence-electron chi connectivity index (χ2n) is 5.01. The maximum absolute atomic E-state index is 14.3. The minimum absolute atomic E-state index is 0.0466. The number of ketones is 1. The molecule has 0 heterocycles. The monoisotopic (exact) mass is 266 g/mol. The number of rotatable bonds is 2. The maximum Gasteiger partial charge on any atom is 0.161 e. The molecule has 0 atom stereocenters. The Kier molecular flexibility index (Phi) is 3.46. The van der Waals surface area contributed by atoms with Gasteiger partial charge in [-0.3, -0.25) is 4.79 Å². The van der Waals surface area contributed by atoms with Crippen molar-refractivity contribution in [2.75, 3.05) is 0 Å². The van der Waals surface area contributed by atoms with Gasteiger partial charge in [-0.2, -0.15) is 0 Å². The van der Waals surface area contributed by atoms with Crippen LogP contribution in [0.15, 0.2) is 60.2 Å². The third kappa shape index (κ3) is 2.42. The topological polar surface area (TPSA) is 17.1 Å². The lowest BCUT2D eigenvalue weighted by molar-refractivity contribution is -0.114. The highest BCUT2D eigenvalue weighted by Crippen LogP contribution is 2.31. The van der Waals surface area contributed by atoms with E-state index in [9.17, 15) is 9.18 Å². The van der Waals surface area contributed by atoms with Crippen molar-refractivity contribution in [1.29, 1.82) is 0 Å². The average molecular weight is 266 g/mol. The Balaban J connectivity index is 1.92. The molecule has 1 aliphatic carbocycles. The van der Waals surface area contributed by atoms with E-state index in [4.69, 9.17) is 0 Å². The van der Waals surface area contributed by atoms with E-state index in [1.54, 1.807) is 12.1 Å². The molecule has 100 valence electrons. The lowest BCUT2D eigenvalue weighted by Crippen LogP contribution is -1.94. The number of halogens is 1. The van der Waals surface area contributed by atoms with E-state index in [2.05, 4.69) is 0 Å². The Labute approximate surface area is 117 Å². The number of benzene rings is 2. The third-order valence-electron chi connectivity index (χ3n) is 3.68. The van der Waals surface area contributed by atoms with Gasteiger partial charge in [0, 0.05) is 17.6 Å². The molecule has 1 aliphatic rings. The minimum Gasteiger partial charge on any atom is -0.294 e. The molecule has 0 N–H and O–H groups in total. The second kappa shape index (κ2) is 5.41. The van der Waals surface area contributed by atoms with Crippen molar-refractivity contribution in [1.82, 2.24) is 0 Å². The molecule has 1 nitrogen and oxygen atoms in total. The van der Waals surface area contributed by atoms with Crippen LogP contribution in [0.3, 0.4) is 0 Å². The normalized spacial score (nSPS) is 17.4. The molecule has 0 saturated heterocycles.